The van der Waals surface area contributed by atoms with Crippen molar-refractivity contribution >= 4 is 23.6 Å². The lowest BCUT2D eigenvalue weighted by Gasteiger charge is -2.18. The minimum absolute atomic E-state index is 0.0512. The molecule has 1 aromatic heterocycles. The number of amides is 1. The van der Waals surface area contributed by atoms with Crippen molar-refractivity contribution in [1.82, 2.24) is 4.90 Å². The van der Waals surface area contributed by atoms with E-state index in [1.165, 1.54) is 13.2 Å². The fourth-order valence-electron chi connectivity index (χ4n) is 2.50. The summed E-state index contributed by atoms with van der Waals surface area (Å²) in [6, 6.07) is 9.05. The van der Waals surface area contributed by atoms with Crippen molar-refractivity contribution in [3.63, 3.8) is 0 Å². The molecule has 0 aliphatic carbocycles. The number of hydrogen-bond donors (Lipinski definition) is 0. The van der Waals surface area contributed by atoms with Crippen LogP contribution in [0.5, 0.6) is 11.5 Å². The van der Waals surface area contributed by atoms with Crippen molar-refractivity contribution in [2.45, 2.75) is 32.9 Å². The lowest BCUT2D eigenvalue weighted by atomic mass is 10.1. The summed E-state index contributed by atoms with van der Waals surface area (Å²) in [5.41, 5.74) is 0.699. The zero-order valence-electron chi connectivity index (χ0n) is 16.1. The van der Waals surface area contributed by atoms with Gasteiger partial charge in [-0.25, -0.2) is 0 Å². The molecular weight excluding hydrogens is 380 g/mol. The normalized spacial score (nSPS) is 10.9. The maximum Gasteiger partial charge on any atom is 0.247 e. The molecule has 2 aromatic rings. The maximum absolute atomic E-state index is 12.6. The Kier molecular flexibility index (Phi) is 7.97. The molecule has 148 valence electrons. The summed E-state index contributed by atoms with van der Waals surface area (Å²) in [4.78, 5) is 14.1. The van der Waals surface area contributed by atoms with E-state index in [-0.39, 0.29) is 18.4 Å². The highest BCUT2D eigenvalue weighted by Crippen LogP contribution is 2.37. The Hall–Kier alpha value is -2.91. The van der Waals surface area contributed by atoms with Gasteiger partial charge in [0.15, 0.2) is 11.5 Å². The summed E-state index contributed by atoms with van der Waals surface area (Å²) in [5.74, 6) is 1.38. The molecule has 1 amide bonds. The molecular formula is C21H23ClN2O4. The molecule has 0 spiro atoms. The first kappa shape index (κ1) is 21.4. The quantitative estimate of drug-likeness (QED) is 0.569. The van der Waals surface area contributed by atoms with Gasteiger partial charge in [0, 0.05) is 12.6 Å². The Morgan fingerprint density at radius 2 is 2.21 bits per heavy atom. The third-order valence-electron chi connectivity index (χ3n) is 3.76. The highest BCUT2D eigenvalue weighted by Gasteiger charge is 2.15. The molecule has 0 bridgehead atoms. The van der Waals surface area contributed by atoms with Gasteiger partial charge in [0.1, 0.15) is 5.76 Å². The van der Waals surface area contributed by atoms with E-state index in [1.54, 1.807) is 41.5 Å². The predicted octanol–water partition coefficient (Wildman–Crippen LogP) is 4.68. The van der Waals surface area contributed by atoms with Crippen LogP contribution in [0.3, 0.4) is 0 Å². The van der Waals surface area contributed by atoms with Gasteiger partial charge in [0.25, 0.3) is 0 Å². The highest BCUT2D eigenvalue weighted by molar-refractivity contribution is 6.32. The van der Waals surface area contributed by atoms with Crippen molar-refractivity contribution in [2.75, 3.05) is 13.7 Å². The Balaban J connectivity index is 2.18. The summed E-state index contributed by atoms with van der Waals surface area (Å²) >= 11 is 6.32. The van der Waals surface area contributed by atoms with Gasteiger partial charge in [-0.2, -0.15) is 5.26 Å². The molecule has 6 nitrogen and oxygen atoms in total. The van der Waals surface area contributed by atoms with Gasteiger partial charge >= 0.3 is 0 Å². The van der Waals surface area contributed by atoms with E-state index in [1.807, 2.05) is 13.8 Å². The molecule has 7 heteroatoms. The predicted molar refractivity (Wildman–Crippen MR) is 107 cm³/mol. The number of carbonyl (C=O) groups is 1. The lowest BCUT2D eigenvalue weighted by molar-refractivity contribution is -0.126. The van der Waals surface area contributed by atoms with E-state index in [9.17, 15) is 4.79 Å². The Morgan fingerprint density at radius 3 is 2.82 bits per heavy atom. The zero-order valence-corrected chi connectivity index (χ0v) is 16.9. The van der Waals surface area contributed by atoms with Crippen LogP contribution in [0.4, 0.5) is 0 Å². The fourth-order valence-corrected chi connectivity index (χ4v) is 2.77. The van der Waals surface area contributed by atoms with Gasteiger partial charge in [0.05, 0.1) is 43.5 Å². The summed E-state index contributed by atoms with van der Waals surface area (Å²) in [6.45, 7) is 4.41. The van der Waals surface area contributed by atoms with Gasteiger partial charge in [-0.3, -0.25) is 4.79 Å². The molecule has 0 aliphatic heterocycles. The number of nitrogens with zero attached hydrogens (tertiary/aromatic N) is 2. The van der Waals surface area contributed by atoms with Gasteiger partial charge in [-0.1, -0.05) is 11.6 Å². The van der Waals surface area contributed by atoms with Crippen LogP contribution in [0.2, 0.25) is 5.02 Å². The van der Waals surface area contributed by atoms with Crippen LogP contribution in [-0.2, 0) is 11.3 Å². The van der Waals surface area contributed by atoms with Crippen LogP contribution in [0.25, 0.3) is 6.08 Å². The minimum Gasteiger partial charge on any atom is -0.493 e. The third-order valence-corrected chi connectivity index (χ3v) is 4.04. The number of hydrogen-bond acceptors (Lipinski definition) is 5. The SMILES string of the molecule is COc1cc(/C=C/C(=O)N(CCC#N)Cc2ccco2)cc(Cl)c1OC(C)C. The lowest BCUT2D eigenvalue weighted by Crippen LogP contribution is -2.29. The number of methoxy groups -OCH3 is 1. The second-order valence-corrected chi connectivity index (χ2v) is 6.69. The summed E-state index contributed by atoms with van der Waals surface area (Å²) in [6.07, 6.45) is 4.82. The van der Waals surface area contributed by atoms with Gasteiger partial charge in [-0.15, -0.1) is 0 Å². The first-order chi connectivity index (χ1) is 13.4. The van der Waals surface area contributed by atoms with E-state index in [0.29, 0.717) is 40.9 Å². The van der Waals surface area contributed by atoms with Crippen molar-refractivity contribution in [3.8, 4) is 17.6 Å². The zero-order chi connectivity index (χ0) is 20.5. The second-order valence-electron chi connectivity index (χ2n) is 6.28. The minimum atomic E-state index is -0.232. The molecule has 1 aromatic carbocycles. The Bertz CT molecular complexity index is 854. The first-order valence-electron chi connectivity index (χ1n) is 8.85. The van der Waals surface area contributed by atoms with Gasteiger partial charge < -0.3 is 18.8 Å². The monoisotopic (exact) mass is 402 g/mol. The smallest absolute Gasteiger partial charge is 0.247 e. The molecule has 0 unspecified atom stereocenters. The van der Waals surface area contributed by atoms with Gasteiger partial charge in [0.2, 0.25) is 5.91 Å². The fraction of sp³-hybridized carbons (Fsp3) is 0.333. The summed E-state index contributed by atoms with van der Waals surface area (Å²) in [5, 5.41) is 9.24. The molecule has 1 heterocycles. The first-order valence-corrected chi connectivity index (χ1v) is 9.23. The molecule has 0 atom stereocenters. The number of furan rings is 1. The average molecular weight is 403 g/mol. The number of rotatable bonds is 9. The number of ether oxygens (including phenoxy) is 2. The molecule has 0 aliphatic rings. The van der Waals surface area contributed by atoms with Crippen molar-refractivity contribution in [1.29, 1.82) is 5.26 Å². The van der Waals surface area contributed by atoms with Crippen LogP contribution in [0.1, 0.15) is 31.6 Å². The maximum atomic E-state index is 12.6. The summed E-state index contributed by atoms with van der Waals surface area (Å²) in [7, 11) is 1.53. The number of benzene rings is 1. The van der Waals surface area contributed by atoms with E-state index < -0.39 is 0 Å². The van der Waals surface area contributed by atoms with E-state index in [2.05, 4.69) is 6.07 Å². The second kappa shape index (κ2) is 10.4. The molecule has 0 radical (unpaired) electrons. The number of carbonyl (C=O) groups excluding carboxylic acids is 1. The van der Waals surface area contributed by atoms with Crippen LogP contribution >= 0.6 is 11.6 Å². The molecule has 28 heavy (non-hydrogen) atoms. The summed E-state index contributed by atoms with van der Waals surface area (Å²) < 4.78 is 16.3. The van der Waals surface area contributed by atoms with Gasteiger partial charge in [-0.05, 0) is 49.8 Å². The molecule has 0 saturated heterocycles. The largest absolute Gasteiger partial charge is 0.493 e. The van der Waals surface area contributed by atoms with Crippen LogP contribution in [-0.4, -0.2) is 30.6 Å². The van der Waals surface area contributed by atoms with Crippen molar-refractivity contribution < 1.29 is 18.7 Å². The van der Waals surface area contributed by atoms with Crippen LogP contribution < -0.4 is 9.47 Å². The number of halogens is 1. The van der Waals surface area contributed by atoms with Crippen molar-refractivity contribution in [3.05, 3.63) is 53.0 Å². The Morgan fingerprint density at radius 1 is 1.43 bits per heavy atom. The third kappa shape index (κ3) is 6.07. The molecule has 0 N–H and O–H groups in total. The number of nitriles is 1. The van der Waals surface area contributed by atoms with Crippen molar-refractivity contribution in [2.24, 2.45) is 0 Å². The van der Waals surface area contributed by atoms with Crippen LogP contribution in [0.15, 0.2) is 41.0 Å². The average Bonchev–Trinajstić information content (AvgIpc) is 3.17. The molecule has 2 rings (SSSR count). The Labute approximate surface area is 169 Å². The highest BCUT2D eigenvalue weighted by atomic mass is 35.5. The van der Waals surface area contributed by atoms with E-state index >= 15 is 0 Å². The topological polar surface area (TPSA) is 75.7 Å². The molecule has 0 fully saturated rings. The van der Waals surface area contributed by atoms with E-state index in [0.717, 1.165) is 0 Å². The molecule has 0 saturated carbocycles. The standard InChI is InChI=1S/C21H23ClN2O4/c1-15(2)28-21-18(22)12-16(13-19(21)26-3)7-8-20(25)24(10-5-9-23)14-17-6-4-11-27-17/h4,6-8,11-13,15H,5,10,14H2,1-3H3/b8-7+. The van der Waals surface area contributed by atoms with E-state index in [4.69, 9.17) is 30.8 Å². The van der Waals surface area contributed by atoms with Crippen LogP contribution in [0, 0.1) is 11.3 Å².